The third-order valence-corrected chi connectivity index (χ3v) is 8.98. The molecule has 0 aromatic heterocycles. The summed E-state index contributed by atoms with van der Waals surface area (Å²) >= 11 is 18.5. The normalized spacial score (nSPS) is 21.8. The molecule has 0 aliphatic carbocycles. The van der Waals surface area contributed by atoms with Crippen molar-refractivity contribution >= 4 is 70.4 Å². The number of rotatable bonds is 9. The van der Waals surface area contributed by atoms with Crippen LogP contribution in [0.1, 0.15) is 28.9 Å². The standard InChI is InChI=1S/C31H27Cl3N2O8S/c32-31(33,34)17-43-25(20-14-8-3-9-15-20)27(39)36(30(41)42)23-26(38)35-22(21(37)16-45-28(23)35)29(40)44-24(18-10-4-1-5-11-18)19-12-6-2-7-13-19/h1-15,21-25,28,37H,16-17H2,(H,41,42)/t21?,22-,23-,25-,28-/m1/s1. The molecule has 5 rings (SSSR count). The predicted molar refractivity (Wildman–Crippen MR) is 168 cm³/mol. The molecular weight excluding hydrogens is 667 g/mol. The van der Waals surface area contributed by atoms with E-state index in [-0.39, 0.29) is 11.3 Å². The summed E-state index contributed by atoms with van der Waals surface area (Å²) in [4.78, 5) is 55.1. The maximum Gasteiger partial charge on any atom is 0.415 e. The quantitative estimate of drug-likeness (QED) is 0.181. The number of imide groups is 1. The highest BCUT2D eigenvalue weighted by Crippen LogP contribution is 2.43. The first-order valence-corrected chi connectivity index (χ1v) is 15.9. The minimum Gasteiger partial charge on any atom is -0.465 e. The number of ether oxygens (including phenoxy) is 2. The maximum atomic E-state index is 13.8. The summed E-state index contributed by atoms with van der Waals surface area (Å²) in [6.07, 6.45) is -5.40. The van der Waals surface area contributed by atoms with Gasteiger partial charge in [-0.1, -0.05) is 126 Å². The number of β-lactam (4-membered cyclic amide) rings is 1. The molecule has 2 fully saturated rings. The molecule has 14 heteroatoms. The number of aliphatic hydroxyl groups is 1. The molecule has 236 valence electrons. The second kappa shape index (κ2) is 14.0. The van der Waals surface area contributed by atoms with Gasteiger partial charge in [0, 0.05) is 5.75 Å². The van der Waals surface area contributed by atoms with Crippen molar-refractivity contribution in [3.63, 3.8) is 0 Å². The lowest BCUT2D eigenvalue weighted by Gasteiger charge is -2.55. The number of benzene rings is 3. The number of aliphatic hydroxyl groups excluding tert-OH is 1. The highest BCUT2D eigenvalue weighted by Gasteiger charge is 2.62. The van der Waals surface area contributed by atoms with Gasteiger partial charge in [0.1, 0.15) is 5.37 Å². The molecule has 3 amide bonds. The highest BCUT2D eigenvalue weighted by molar-refractivity contribution is 8.00. The Labute approximate surface area is 277 Å². The van der Waals surface area contributed by atoms with Gasteiger partial charge in [0.15, 0.2) is 24.3 Å². The number of carboxylic acid groups (broad SMARTS) is 1. The molecule has 3 aromatic carbocycles. The molecule has 10 nitrogen and oxygen atoms in total. The summed E-state index contributed by atoms with van der Waals surface area (Å²) < 4.78 is 9.60. The molecule has 0 saturated carbocycles. The number of alkyl halides is 3. The minimum absolute atomic E-state index is 0.0282. The molecule has 3 aromatic rings. The largest absolute Gasteiger partial charge is 0.465 e. The van der Waals surface area contributed by atoms with Crippen molar-refractivity contribution < 1.29 is 38.9 Å². The summed E-state index contributed by atoms with van der Waals surface area (Å²) in [6, 6.07) is 23.0. The van der Waals surface area contributed by atoms with E-state index in [2.05, 4.69) is 0 Å². The fourth-order valence-electron chi connectivity index (χ4n) is 5.28. The average molecular weight is 694 g/mol. The van der Waals surface area contributed by atoms with Gasteiger partial charge in [-0.25, -0.2) is 14.5 Å². The number of fused-ring (bicyclic) bond motifs is 1. The lowest BCUT2D eigenvalue weighted by Crippen LogP contribution is -2.78. The molecule has 2 heterocycles. The van der Waals surface area contributed by atoms with Gasteiger partial charge < -0.3 is 24.6 Å². The van der Waals surface area contributed by atoms with Crippen LogP contribution in [0.3, 0.4) is 0 Å². The smallest absolute Gasteiger partial charge is 0.415 e. The van der Waals surface area contributed by atoms with Crippen LogP contribution in [0.5, 0.6) is 0 Å². The number of hydrogen-bond acceptors (Lipinski definition) is 8. The molecule has 45 heavy (non-hydrogen) atoms. The Morgan fingerprint density at radius 1 is 0.911 bits per heavy atom. The van der Waals surface area contributed by atoms with Gasteiger partial charge >= 0.3 is 12.1 Å². The van der Waals surface area contributed by atoms with Gasteiger partial charge in [0.2, 0.25) is 3.79 Å². The SMILES string of the molecule is O=C(OC(c1ccccc1)c1ccccc1)[C@H]1C(O)CS[C@@H]2[C@H](N(C(=O)O)C(=O)[C@H](OCC(Cl)(Cl)Cl)c3ccccc3)C(=O)N21. The first kappa shape index (κ1) is 33.1. The second-order valence-corrected chi connectivity index (χ2v) is 13.9. The highest BCUT2D eigenvalue weighted by atomic mass is 35.6. The molecule has 0 spiro atoms. The minimum atomic E-state index is -1.91. The van der Waals surface area contributed by atoms with Crippen LogP contribution in [0.15, 0.2) is 91.0 Å². The van der Waals surface area contributed by atoms with Crippen LogP contribution in [-0.2, 0) is 23.9 Å². The number of hydrogen-bond donors (Lipinski definition) is 2. The first-order chi connectivity index (χ1) is 21.5. The molecule has 2 saturated heterocycles. The van der Waals surface area contributed by atoms with Gasteiger partial charge in [-0.05, 0) is 16.7 Å². The van der Waals surface area contributed by atoms with E-state index in [1.165, 1.54) is 12.1 Å². The van der Waals surface area contributed by atoms with E-state index in [0.29, 0.717) is 16.0 Å². The summed E-state index contributed by atoms with van der Waals surface area (Å²) in [5.41, 5.74) is 1.61. The topological polar surface area (TPSA) is 134 Å². The van der Waals surface area contributed by atoms with Crippen molar-refractivity contribution in [3.8, 4) is 0 Å². The lowest BCUT2D eigenvalue weighted by molar-refractivity contribution is -0.179. The Morgan fingerprint density at radius 2 is 1.42 bits per heavy atom. The van der Waals surface area contributed by atoms with Crippen molar-refractivity contribution in [1.29, 1.82) is 0 Å². The van der Waals surface area contributed by atoms with Gasteiger partial charge in [-0.3, -0.25) is 9.59 Å². The molecular formula is C31H27Cl3N2O8S. The Hall–Kier alpha value is -3.32. The van der Waals surface area contributed by atoms with Gasteiger partial charge in [-0.15, -0.1) is 11.8 Å². The summed E-state index contributed by atoms with van der Waals surface area (Å²) in [7, 11) is 0. The summed E-state index contributed by atoms with van der Waals surface area (Å²) in [5.74, 6) is -2.84. The van der Waals surface area contributed by atoms with Crippen molar-refractivity contribution in [2.24, 2.45) is 0 Å². The number of esters is 1. The Balaban J connectivity index is 1.40. The molecule has 2 aliphatic rings. The third-order valence-electron chi connectivity index (χ3n) is 7.30. The van der Waals surface area contributed by atoms with E-state index in [1.807, 2.05) is 12.1 Å². The van der Waals surface area contributed by atoms with Crippen LogP contribution in [-0.4, -0.2) is 83.6 Å². The fourth-order valence-corrected chi connectivity index (χ4v) is 6.86. The van der Waals surface area contributed by atoms with E-state index in [9.17, 15) is 29.4 Å². The third kappa shape index (κ3) is 7.24. The molecule has 0 bridgehead atoms. The monoisotopic (exact) mass is 692 g/mol. The maximum absolute atomic E-state index is 13.8. The number of nitrogens with zero attached hydrogens (tertiary/aromatic N) is 2. The number of halogens is 3. The summed E-state index contributed by atoms with van der Waals surface area (Å²) in [5, 5.41) is 20.1. The van der Waals surface area contributed by atoms with Crippen LogP contribution in [0.2, 0.25) is 0 Å². The second-order valence-electron chi connectivity index (χ2n) is 10.3. The first-order valence-electron chi connectivity index (χ1n) is 13.7. The van der Waals surface area contributed by atoms with E-state index >= 15 is 0 Å². The van der Waals surface area contributed by atoms with Crippen molar-refractivity contribution in [2.75, 3.05) is 12.4 Å². The van der Waals surface area contributed by atoms with E-state index in [4.69, 9.17) is 44.3 Å². The fraction of sp³-hybridized carbons (Fsp3) is 0.290. The van der Waals surface area contributed by atoms with Gasteiger partial charge in [0.25, 0.3) is 11.8 Å². The molecule has 1 unspecified atom stereocenters. The van der Waals surface area contributed by atoms with E-state index < -0.39 is 70.0 Å². The number of carbonyl (C=O) groups is 4. The zero-order valence-electron chi connectivity index (χ0n) is 23.3. The number of carbonyl (C=O) groups excluding carboxylic acids is 3. The zero-order chi connectivity index (χ0) is 32.3. The van der Waals surface area contributed by atoms with E-state index in [0.717, 1.165) is 16.7 Å². The zero-order valence-corrected chi connectivity index (χ0v) is 26.4. The summed E-state index contributed by atoms with van der Waals surface area (Å²) in [6.45, 7) is -0.552. The van der Waals surface area contributed by atoms with Crippen LogP contribution in [0, 0.1) is 0 Å². The van der Waals surface area contributed by atoms with Gasteiger partial charge in [0.05, 0.1) is 12.7 Å². The lowest BCUT2D eigenvalue weighted by atomic mass is 9.96. The molecule has 5 atom stereocenters. The Kier molecular flexibility index (Phi) is 10.3. The van der Waals surface area contributed by atoms with E-state index in [1.54, 1.807) is 66.7 Å². The van der Waals surface area contributed by atoms with Gasteiger partial charge in [-0.2, -0.15) is 0 Å². The van der Waals surface area contributed by atoms with Crippen LogP contribution in [0.4, 0.5) is 4.79 Å². The van der Waals surface area contributed by atoms with Crippen molar-refractivity contribution in [2.45, 2.75) is 39.6 Å². The van der Waals surface area contributed by atoms with Crippen molar-refractivity contribution in [1.82, 2.24) is 9.80 Å². The van der Waals surface area contributed by atoms with Crippen LogP contribution < -0.4 is 0 Å². The Morgan fingerprint density at radius 3 is 1.91 bits per heavy atom. The van der Waals surface area contributed by atoms with Crippen LogP contribution in [0.25, 0.3) is 0 Å². The number of amides is 3. The molecule has 0 radical (unpaired) electrons. The average Bonchev–Trinajstić information content (AvgIpc) is 3.02. The molecule has 2 N–H and O–H groups in total. The molecule has 2 aliphatic heterocycles. The predicted octanol–water partition coefficient (Wildman–Crippen LogP) is 4.97. The number of thioether (sulfide) groups is 1. The Bertz CT molecular complexity index is 1490. The van der Waals surface area contributed by atoms with Crippen molar-refractivity contribution in [3.05, 3.63) is 108 Å². The van der Waals surface area contributed by atoms with Crippen LogP contribution >= 0.6 is 46.6 Å².